The van der Waals surface area contributed by atoms with E-state index in [2.05, 4.69) is 18.7 Å². The van der Waals surface area contributed by atoms with E-state index in [-0.39, 0.29) is 5.41 Å². The zero-order chi connectivity index (χ0) is 11.8. The molecule has 16 heavy (non-hydrogen) atoms. The fourth-order valence-electron chi connectivity index (χ4n) is 2.63. The third-order valence-corrected chi connectivity index (χ3v) is 5.64. The van der Waals surface area contributed by atoms with Crippen LogP contribution in [0.4, 0.5) is 0 Å². The molecule has 0 aromatic heterocycles. The molecule has 0 radical (unpaired) electrons. The Kier molecular flexibility index (Phi) is 3.50. The van der Waals surface area contributed by atoms with Crippen LogP contribution >= 0.6 is 11.8 Å². The topological polar surface area (TPSA) is 46.3 Å². The molecule has 1 aliphatic heterocycles. The molecular weight excluding hydrogens is 220 g/mol. The molecule has 2 rings (SSSR count). The first-order valence-electron chi connectivity index (χ1n) is 6.23. The highest BCUT2D eigenvalue weighted by Crippen LogP contribution is 2.42. The summed E-state index contributed by atoms with van der Waals surface area (Å²) in [6.07, 6.45) is 3.15. The number of nitrogens with two attached hydrogens (primary N) is 1. The van der Waals surface area contributed by atoms with E-state index in [0.717, 1.165) is 31.6 Å². The Morgan fingerprint density at radius 1 is 1.50 bits per heavy atom. The van der Waals surface area contributed by atoms with Crippen molar-refractivity contribution in [1.29, 1.82) is 0 Å². The van der Waals surface area contributed by atoms with Crippen LogP contribution in [0.2, 0.25) is 0 Å². The van der Waals surface area contributed by atoms with Crippen LogP contribution in [0.5, 0.6) is 0 Å². The van der Waals surface area contributed by atoms with Gasteiger partial charge >= 0.3 is 0 Å². The lowest BCUT2D eigenvalue weighted by Crippen LogP contribution is -2.57. The minimum Gasteiger partial charge on any atom is -0.338 e. The predicted molar refractivity (Wildman–Crippen MR) is 68.4 cm³/mol. The average Bonchev–Trinajstić information content (AvgIpc) is 2.21. The lowest BCUT2D eigenvalue weighted by molar-refractivity contribution is -0.148. The molecule has 3 nitrogen and oxygen atoms in total. The highest BCUT2D eigenvalue weighted by Gasteiger charge is 2.46. The number of rotatable bonds is 2. The molecule has 2 atom stereocenters. The number of hydrogen-bond acceptors (Lipinski definition) is 3. The fraction of sp³-hybridized carbons (Fsp3) is 0.917. The Morgan fingerprint density at radius 3 is 2.69 bits per heavy atom. The van der Waals surface area contributed by atoms with Gasteiger partial charge in [-0.1, -0.05) is 13.3 Å². The normalized spacial score (nSPS) is 33.3. The average molecular weight is 242 g/mol. The number of amides is 1. The largest absolute Gasteiger partial charge is 0.338 e. The van der Waals surface area contributed by atoms with Gasteiger partial charge in [0.25, 0.3) is 0 Å². The van der Waals surface area contributed by atoms with Gasteiger partial charge in [0.1, 0.15) is 0 Å². The first-order valence-corrected chi connectivity index (χ1v) is 7.28. The molecule has 1 saturated heterocycles. The molecule has 2 unspecified atom stereocenters. The number of thioether (sulfide) groups is 1. The van der Waals surface area contributed by atoms with Crippen LogP contribution in [-0.2, 0) is 4.79 Å². The van der Waals surface area contributed by atoms with E-state index < -0.39 is 0 Å². The van der Waals surface area contributed by atoms with Gasteiger partial charge in [-0.3, -0.25) is 4.79 Å². The Balaban J connectivity index is 2.08. The summed E-state index contributed by atoms with van der Waals surface area (Å²) < 4.78 is 0. The monoisotopic (exact) mass is 242 g/mol. The Hall–Kier alpha value is -0.220. The molecule has 0 bridgehead atoms. The van der Waals surface area contributed by atoms with E-state index in [0.29, 0.717) is 23.7 Å². The van der Waals surface area contributed by atoms with Crippen molar-refractivity contribution in [1.82, 2.24) is 4.90 Å². The summed E-state index contributed by atoms with van der Waals surface area (Å²) in [7, 11) is 0. The molecular formula is C12H22N2OS. The lowest BCUT2D eigenvalue weighted by Gasteiger charge is -2.47. The Labute approximate surface area is 102 Å². The minimum absolute atomic E-state index is 0.198. The Morgan fingerprint density at radius 2 is 2.19 bits per heavy atom. The van der Waals surface area contributed by atoms with Crippen LogP contribution in [0.25, 0.3) is 0 Å². The lowest BCUT2D eigenvalue weighted by atomic mass is 9.67. The van der Waals surface area contributed by atoms with Gasteiger partial charge in [0.15, 0.2) is 0 Å². The smallest absolute Gasteiger partial charge is 0.230 e. The summed E-state index contributed by atoms with van der Waals surface area (Å²) >= 11 is 1.97. The molecule has 2 aliphatic rings. The van der Waals surface area contributed by atoms with E-state index >= 15 is 0 Å². The molecule has 1 aliphatic carbocycles. The molecule has 0 aromatic carbocycles. The number of carbonyl (C=O) groups excluding carboxylic acids is 1. The SMILES string of the molecule is CC1SCCN(C(=O)C2(CN)CCC2)C1C. The van der Waals surface area contributed by atoms with E-state index in [9.17, 15) is 4.79 Å². The van der Waals surface area contributed by atoms with Crippen LogP contribution in [0.3, 0.4) is 0 Å². The van der Waals surface area contributed by atoms with E-state index in [1.807, 2.05) is 11.8 Å². The number of hydrogen-bond donors (Lipinski definition) is 1. The van der Waals surface area contributed by atoms with Crippen molar-refractivity contribution < 1.29 is 4.79 Å². The van der Waals surface area contributed by atoms with Crippen molar-refractivity contribution >= 4 is 17.7 Å². The third kappa shape index (κ3) is 1.86. The summed E-state index contributed by atoms with van der Waals surface area (Å²) in [4.78, 5) is 14.6. The van der Waals surface area contributed by atoms with E-state index in [1.54, 1.807) is 0 Å². The van der Waals surface area contributed by atoms with Crippen molar-refractivity contribution in [3.8, 4) is 0 Å². The van der Waals surface area contributed by atoms with Gasteiger partial charge in [-0.05, 0) is 19.8 Å². The van der Waals surface area contributed by atoms with Crippen molar-refractivity contribution in [2.75, 3.05) is 18.8 Å². The second-order valence-corrected chi connectivity index (χ2v) is 6.64. The van der Waals surface area contributed by atoms with Gasteiger partial charge in [-0.25, -0.2) is 0 Å². The third-order valence-electron chi connectivity index (χ3n) is 4.30. The number of nitrogens with zero attached hydrogens (tertiary/aromatic N) is 1. The maximum atomic E-state index is 12.5. The molecule has 0 spiro atoms. The molecule has 2 fully saturated rings. The standard InChI is InChI=1S/C12H22N2OS/c1-9-10(2)16-7-6-14(9)11(15)12(8-13)4-3-5-12/h9-10H,3-8,13H2,1-2H3. The first-order chi connectivity index (χ1) is 7.60. The van der Waals surface area contributed by atoms with Crippen LogP contribution < -0.4 is 5.73 Å². The summed E-state index contributed by atoms with van der Waals surface area (Å²) in [6, 6.07) is 0.357. The second-order valence-electron chi connectivity index (χ2n) is 5.15. The highest BCUT2D eigenvalue weighted by atomic mass is 32.2. The van der Waals surface area contributed by atoms with Gasteiger partial charge in [0.2, 0.25) is 5.91 Å². The first kappa shape index (κ1) is 12.2. The van der Waals surface area contributed by atoms with Crippen molar-refractivity contribution in [2.24, 2.45) is 11.1 Å². The molecule has 2 N–H and O–H groups in total. The number of carbonyl (C=O) groups is 1. The Bertz CT molecular complexity index is 273. The van der Waals surface area contributed by atoms with Gasteiger partial charge in [0.05, 0.1) is 5.41 Å². The molecule has 92 valence electrons. The minimum atomic E-state index is -0.198. The van der Waals surface area contributed by atoms with Gasteiger partial charge in [-0.2, -0.15) is 11.8 Å². The van der Waals surface area contributed by atoms with Crippen molar-refractivity contribution in [3.63, 3.8) is 0 Å². The van der Waals surface area contributed by atoms with Crippen LogP contribution in [-0.4, -0.2) is 40.9 Å². The zero-order valence-corrected chi connectivity index (χ0v) is 11.1. The molecule has 1 amide bonds. The van der Waals surface area contributed by atoms with Gasteiger partial charge < -0.3 is 10.6 Å². The van der Waals surface area contributed by atoms with E-state index in [4.69, 9.17) is 5.73 Å². The maximum Gasteiger partial charge on any atom is 0.230 e. The summed E-state index contributed by atoms with van der Waals surface area (Å²) in [5, 5.41) is 0.549. The van der Waals surface area contributed by atoms with Crippen LogP contribution in [0.1, 0.15) is 33.1 Å². The molecule has 1 saturated carbocycles. The van der Waals surface area contributed by atoms with Crippen LogP contribution in [0.15, 0.2) is 0 Å². The quantitative estimate of drug-likeness (QED) is 0.797. The van der Waals surface area contributed by atoms with Gasteiger partial charge in [-0.15, -0.1) is 0 Å². The van der Waals surface area contributed by atoms with Crippen molar-refractivity contribution in [3.05, 3.63) is 0 Å². The molecule has 1 heterocycles. The van der Waals surface area contributed by atoms with Crippen LogP contribution in [0, 0.1) is 5.41 Å². The fourth-order valence-corrected chi connectivity index (χ4v) is 3.73. The maximum absolute atomic E-state index is 12.5. The van der Waals surface area contributed by atoms with Crippen molar-refractivity contribution in [2.45, 2.75) is 44.4 Å². The predicted octanol–water partition coefficient (Wildman–Crippen LogP) is 1.47. The summed E-state index contributed by atoms with van der Waals surface area (Å²) in [5.41, 5.74) is 5.61. The highest BCUT2D eigenvalue weighted by molar-refractivity contribution is 8.00. The molecule has 4 heteroatoms. The van der Waals surface area contributed by atoms with E-state index in [1.165, 1.54) is 0 Å². The summed E-state index contributed by atoms with van der Waals surface area (Å²) in [5.74, 6) is 1.39. The molecule has 0 aromatic rings. The zero-order valence-electron chi connectivity index (χ0n) is 10.2. The second kappa shape index (κ2) is 4.57. The van der Waals surface area contributed by atoms with Gasteiger partial charge in [0, 0.05) is 30.1 Å². The summed E-state index contributed by atoms with van der Waals surface area (Å²) in [6.45, 7) is 5.80.